The monoisotopic (exact) mass is 431 g/mol. The molecule has 0 unspecified atom stereocenters. The molecule has 4 heterocycles. The van der Waals surface area contributed by atoms with Crippen molar-refractivity contribution in [1.82, 2.24) is 29.2 Å². The van der Waals surface area contributed by atoms with Crippen LogP contribution in [0.25, 0.3) is 5.65 Å². The SMILES string of the molecule is CN(Cc1cn2c(N3CCN(CC4CC4)CC3)nccc2n1)[C@H]1CCCc2cccnc21. The van der Waals surface area contributed by atoms with Crippen LogP contribution < -0.4 is 4.90 Å². The summed E-state index contributed by atoms with van der Waals surface area (Å²) >= 11 is 0. The van der Waals surface area contributed by atoms with Crippen LogP contribution in [0.5, 0.6) is 0 Å². The number of imidazole rings is 1. The van der Waals surface area contributed by atoms with Gasteiger partial charge in [-0.1, -0.05) is 6.07 Å². The summed E-state index contributed by atoms with van der Waals surface area (Å²) in [6.45, 7) is 6.44. The quantitative estimate of drug-likeness (QED) is 0.598. The van der Waals surface area contributed by atoms with Gasteiger partial charge in [-0.2, -0.15) is 0 Å². The van der Waals surface area contributed by atoms with Crippen molar-refractivity contribution in [2.75, 3.05) is 44.7 Å². The molecular formula is C25H33N7. The van der Waals surface area contributed by atoms with Gasteiger partial charge in [-0.05, 0) is 62.8 Å². The van der Waals surface area contributed by atoms with E-state index in [9.17, 15) is 0 Å². The Balaban J connectivity index is 1.18. The molecule has 1 saturated heterocycles. The lowest BCUT2D eigenvalue weighted by molar-refractivity contribution is 0.206. The number of fused-ring (bicyclic) bond motifs is 2. The van der Waals surface area contributed by atoms with E-state index in [4.69, 9.17) is 15.0 Å². The van der Waals surface area contributed by atoms with E-state index >= 15 is 0 Å². The van der Waals surface area contributed by atoms with Crippen LogP contribution in [-0.4, -0.2) is 68.9 Å². The Morgan fingerprint density at radius 1 is 1.03 bits per heavy atom. The van der Waals surface area contributed by atoms with E-state index < -0.39 is 0 Å². The average molecular weight is 432 g/mol. The van der Waals surface area contributed by atoms with Crippen LogP contribution in [0.15, 0.2) is 36.8 Å². The highest BCUT2D eigenvalue weighted by Crippen LogP contribution is 2.33. The molecule has 0 aromatic carbocycles. The average Bonchev–Trinajstić information content (AvgIpc) is 3.54. The van der Waals surface area contributed by atoms with Crippen molar-refractivity contribution in [3.8, 4) is 0 Å². The van der Waals surface area contributed by atoms with Crippen molar-refractivity contribution in [3.05, 3.63) is 53.7 Å². The summed E-state index contributed by atoms with van der Waals surface area (Å²) < 4.78 is 2.19. The van der Waals surface area contributed by atoms with Gasteiger partial charge in [0.2, 0.25) is 5.95 Å². The van der Waals surface area contributed by atoms with E-state index in [-0.39, 0.29) is 0 Å². The maximum absolute atomic E-state index is 4.95. The van der Waals surface area contributed by atoms with Crippen molar-refractivity contribution < 1.29 is 0 Å². The Morgan fingerprint density at radius 2 is 1.91 bits per heavy atom. The number of aromatic nitrogens is 4. The number of nitrogens with zero attached hydrogens (tertiary/aromatic N) is 7. The lowest BCUT2D eigenvalue weighted by Gasteiger charge is -2.35. The molecule has 0 spiro atoms. The number of hydrogen-bond acceptors (Lipinski definition) is 6. The number of piperazine rings is 1. The highest BCUT2D eigenvalue weighted by Gasteiger charge is 2.28. The van der Waals surface area contributed by atoms with Crippen molar-refractivity contribution in [1.29, 1.82) is 0 Å². The molecule has 0 amide bonds. The largest absolute Gasteiger partial charge is 0.339 e. The second-order valence-corrected chi connectivity index (χ2v) is 9.81. The van der Waals surface area contributed by atoms with Gasteiger partial charge in [-0.15, -0.1) is 0 Å². The second-order valence-electron chi connectivity index (χ2n) is 9.81. The number of rotatable bonds is 6. The fraction of sp³-hybridized carbons (Fsp3) is 0.560. The lowest BCUT2D eigenvalue weighted by atomic mass is 9.91. The van der Waals surface area contributed by atoms with Crippen LogP contribution in [-0.2, 0) is 13.0 Å². The van der Waals surface area contributed by atoms with Gasteiger partial charge in [0.15, 0.2) is 0 Å². The predicted molar refractivity (Wildman–Crippen MR) is 126 cm³/mol. The van der Waals surface area contributed by atoms with E-state index in [2.05, 4.69) is 44.5 Å². The van der Waals surface area contributed by atoms with E-state index in [1.807, 2.05) is 18.5 Å². The standard InChI is InChI=1S/C25H33N7/c1-29(22-6-2-4-20-5-3-10-26-24(20)22)17-21-18-32-23(28-21)9-11-27-25(32)31-14-12-30(13-15-31)16-19-7-8-19/h3,5,9-11,18-19,22H,2,4,6-8,12-17H2,1H3/t22-/m0/s1. The van der Waals surface area contributed by atoms with Crippen LogP contribution >= 0.6 is 0 Å². The first kappa shape index (κ1) is 20.1. The number of pyridine rings is 1. The Hall–Kier alpha value is -2.51. The van der Waals surface area contributed by atoms with Gasteiger partial charge < -0.3 is 4.90 Å². The van der Waals surface area contributed by atoms with Crippen LogP contribution in [0.3, 0.4) is 0 Å². The molecule has 0 N–H and O–H groups in total. The molecule has 6 rings (SSSR count). The third kappa shape index (κ3) is 3.99. The molecule has 2 fully saturated rings. The first-order valence-corrected chi connectivity index (χ1v) is 12.2. The maximum Gasteiger partial charge on any atom is 0.211 e. The molecule has 1 saturated carbocycles. The summed E-state index contributed by atoms with van der Waals surface area (Å²) in [6, 6.07) is 6.68. The molecule has 3 aliphatic rings. The summed E-state index contributed by atoms with van der Waals surface area (Å²) in [4.78, 5) is 21.9. The van der Waals surface area contributed by atoms with Crippen molar-refractivity contribution in [2.45, 2.75) is 44.7 Å². The van der Waals surface area contributed by atoms with E-state index in [1.54, 1.807) is 0 Å². The fourth-order valence-electron chi connectivity index (χ4n) is 5.44. The number of anilines is 1. The van der Waals surface area contributed by atoms with Gasteiger partial charge in [0.05, 0.1) is 17.4 Å². The summed E-state index contributed by atoms with van der Waals surface area (Å²) in [7, 11) is 2.21. The van der Waals surface area contributed by atoms with Crippen molar-refractivity contribution in [3.63, 3.8) is 0 Å². The zero-order valence-electron chi connectivity index (χ0n) is 19.0. The van der Waals surface area contributed by atoms with Crippen molar-refractivity contribution >= 4 is 11.6 Å². The van der Waals surface area contributed by atoms with Crippen LogP contribution in [0.2, 0.25) is 0 Å². The molecule has 168 valence electrons. The minimum Gasteiger partial charge on any atom is -0.339 e. The van der Waals surface area contributed by atoms with Gasteiger partial charge in [-0.25, -0.2) is 9.97 Å². The Kier molecular flexibility index (Phi) is 5.31. The van der Waals surface area contributed by atoms with Crippen LogP contribution in [0.4, 0.5) is 5.95 Å². The number of hydrogen-bond donors (Lipinski definition) is 0. The Labute approximate surface area is 190 Å². The zero-order valence-corrected chi connectivity index (χ0v) is 19.0. The van der Waals surface area contributed by atoms with Crippen LogP contribution in [0, 0.1) is 5.92 Å². The summed E-state index contributed by atoms with van der Waals surface area (Å²) in [5.74, 6) is 1.99. The highest BCUT2D eigenvalue weighted by atomic mass is 15.3. The molecule has 1 atom stereocenters. The predicted octanol–water partition coefficient (Wildman–Crippen LogP) is 3.17. The third-order valence-corrected chi connectivity index (χ3v) is 7.39. The first-order valence-electron chi connectivity index (χ1n) is 12.2. The molecule has 0 bridgehead atoms. The number of aryl methyl sites for hydroxylation is 1. The van der Waals surface area contributed by atoms with Crippen molar-refractivity contribution in [2.24, 2.45) is 5.92 Å². The van der Waals surface area contributed by atoms with Gasteiger partial charge in [-0.3, -0.25) is 19.2 Å². The topological polar surface area (TPSA) is 52.8 Å². The Morgan fingerprint density at radius 3 is 2.75 bits per heavy atom. The molecular weight excluding hydrogens is 398 g/mol. The van der Waals surface area contributed by atoms with E-state index in [1.165, 1.54) is 37.1 Å². The van der Waals surface area contributed by atoms with Gasteiger partial charge >= 0.3 is 0 Å². The molecule has 2 aliphatic carbocycles. The molecule has 7 nitrogen and oxygen atoms in total. The Bertz CT molecular complexity index is 1080. The van der Waals surface area contributed by atoms with Gasteiger partial charge in [0.25, 0.3) is 0 Å². The maximum atomic E-state index is 4.95. The zero-order chi connectivity index (χ0) is 21.5. The summed E-state index contributed by atoms with van der Waals surface area (Å²) in [5.41, 5.74) is 4.73. The summed E-state index contributed by atoms with van der Waals surface area (Å²) in [5, 5.41) is 0. The van der Waals surface area contributed by atoms with E-state index in [0.717, 1.165) is 68.8 Å². The van der Waals surface area contributed by atoms with E-state index in [0.29, 0.717) is 6.04 Å². The molecule has 3 aromatic heterocycles. The molecule has 3 aromatic rings. The molecule has 1 aliphatic heterocycles. The smallest absolute Gasteiger partial charge is 0.211 e. The molecule has 32 heavy (non-hydrogen) atoms. The lowest BCUT2D eigenvalue weighted by Crippen LogP contribution is -2.47. The third-order valence-electron chi connectivity index (χ3n) is 7.39. The normalized spacial score (nSPS) is 21.9. The highest BCUT2D eigenvalue weighted by molar-refractivity contribution is 5.48. The second kappa shape index (κ2) is 8.45. The molecule has 7 heteroatoms. The summed E-state index contributed by atoms with van der Waals surface area (Å²) in [6.07, 6.45) is 12.4. The van der Waals surface area contributed by atoms with Crippen LogP contribution in [0.1, 0.15) is 48.7 Å². The van der Waals surface area contributed by atoms with Gasteiger partial charge in [0, 0.05) is 57.9 Å². The first-order chi connectivity index (χ1) is 15.7. The fourth-order valence-corrected chi connectivity index (χ4v) is 5.44. The van der Waals surface area contributed by atoms with Gasteiger partial charge in [0.1, 0.15) is 5.65 Å². The molecule has 0 radical (unpaired) electrons. The minimum atomic E-state index is 0.363. The minimum absolute atomic E-state index is 0.363.